The van der Waals surface area contributed by atoms with Gasteiger partial charge in [0.05, 0.1) is 11.1 Å². The van der Waals surface area contributed by atoms with Crippen molar-refractivity contribution in [3.05, 3.63) is 34.9 Å². The van der Waals surface area contributed by atoms with Crippen molar-refractivity contribution in [3.63, 3.8) is 0 Å². The molecule has 0 atom stereocenters. The maximum atomic E-state index is 12.9. The smallest absolute Gasteiger partial charge is 0.251 e. The van der Waals surface area contributed by atoms with E-state index < -0.39 is 28.7 Å². The number of halogens is 2. The van der Waals surface area contributed by atoms with Crippen molar-refractivity contribution in [1.29, 1.82) is 5.26 Å². The molecule has 0 aromatic heterocycles. The molecular weight excluding hydrogens is 178 g/mol. The Labute approximate surface area is 72.4 Å². The molecular formula is C8H4F2N2O. The van der Waals surface area contributed by atoms with Crippen LogP contribution in [0.2, 0.25) is 0 Å². The molecule has 5 heteroatoms. The number of carbonyl (C=O) groups excluding carboxylic acids is 1. The molecule has 0 aliphatic heterocycles. The van der Waals surface area contributed by atoms with E-state index in [1.807, 2.05) is 0 Å². The van der Waals surface area contributed by atoms with Gasteiger partial charge in [-0.05, 0) is 12.1 Å². The lowest BCUT2D eigenvalue weighted by molar-refractivity contribution is 0.0995. The van der Waals surface area contributed by atoms with Crippen LogP contribution in [-0.4, -0.2) is 5.91 Å². The van der Waals surface area contributed by atoms with Gasteiger partial charge in [0.25, 0.3) is 5.91 Å². The van der Waals surface area contributed by atoms with Gasteiger partial charge in [0.1, 0.15) is 6.07 Å². The number of benzene rings is 1. The summed E-state index contributed by atoms with van der Waals surface area (Å²) in [7, 11) is 0. The molecule has 3 nitrogen and oxygen atoms in total. The van der Waals surface area contributed by atoms with Crippen LogP contribution in [0, 0.1) is 23.0 Å². The summed E-state index contributed by atoms with van der Waals surface area (Å²) in [6.45, 7) is 0. The van der Waals surface area contributed by atoms with E-state index >= 15 is 0 Å². The molecule has 1 aromatic carbocycles. The average molecular weight is 182 g/mol. The molecule has 0 heterocycles. The van der Waals surface area contributed by atoms with E-state index in [1.165, 1.54) is 6.07 Å². The number of rotatable bonds is 1. The summed E-state index contributed by atoms with van der Waals surface area (Å²) in [5.41, 5.74) is 3.73. The first-order valence-electron chi connectivity index (χ1n) is 3.26. The molecule has 1 aromatic rings. The van der Waals surface area contributed by atoms with Crippen molar-refractivity contribution in [1.82, 2.24) is 0 Å². The molecule has 0 radical (unpaired) electrons. The molecule has 0 fully saturated rings. The summed E-state index contributed by atoms with van der Waals surface area (Å²) in [5.74, 6) is -3.80. The van der Waals surface area contributed by atoms with Gasteiger partial charge in [-0.3, -0.25) is 4.79 Å². The average Bonchev–Trinajstić information content (AvgIpc) is 2.09. The number of primary amides is 1. The van der Waals surface area contributed by atoms with Crippen LogP contribution in [0.5, 0.6) is 0 Å². The van der Waals surface area contributed by atoms with Gasteiger partial charge in [-0.1, -0.05) is 0 Å². The Bertz CT molecular complexity index is 409. The fourth-order valence-electron chi connectivity index (χ4n) is 0.826. The zero-order valence-corrected chi connectivity index (χ0v) is 6.34. The van der Waals surface area contributed by atoms with Crippen LogP contribution in [0.4, 0.5) is 8.78 Å². The Morgan fingerprint density at radius 2 is 2.00 bits per heavy atom. The predicted octanol–water partition coefficient (Wildman–Crippen LogP) is 0.935. The number of hydrogen-bond donors (Lipinski definition) is 1. The Balaban J connectivity index is 3.42. The maximum absolute atomic E-state index is 12.9. The molecule has 13 heavy (non-hydrogen) atoms. The number of hydrogen-bond acceptors (Lipinski definition) is 2. The molecule has 66 valence electrons. The summed E-state index contributed by atoms with van der Waals surface area (Å²) >= 11 is 0. The third-order valence-electron chi connectivity index (χ3n) is 1.47. The third-order valence-corrected chi connectivity index (χ3v) is 1.47. The Morgan fingerprint density at radius 1 is 1.38 bits per heavy atom. The van der Waals surface area contributed by atoms with Gasteiger partial charge in [0.2, 0.25) is 0 Å². The first kappa shape index (κ1) is 9.13. The van der Waals surface area contributed by atoms with E-state index in [0.29, 0.717) is 0 Å². The van der Waals surface area contributed by atoms with Crippen LogP contribution < -0.4 is 5.73 Å². The standard InChI is InChI=1S/C8H4F2N2O/c9-6-4(3-11)1-2-5(7(6)10)8(12)13/h1-2H,(H2,12,13). The minimum Gasteiger partial charge on any atom is -0.366 e. The molecule has 0 saturated heterocycles. The van der Waals surface area contributed by atoms with Crippen LogP contribution in [0.25, 0.3) is 0 Å². The second-order valence-electron chi connectivity index (χ2n) is 2.26. The highest BCUT2D eigenvalue weighted by molar-refractivity contribution is 5.93. The number of amides is 1. The molecule has 0 saturated carbocycles. The molecule has 0 spiro atoms. The molecule has 0 aliphatic carbocycles. The largest absolute Gasteiger partial charge is 0.366 e. The summed E-state index contributed by atoms with van der Waals surface area (Å²) in [4.78, 5) is 10.5. The first-order chi connectivity index (χ1) is 6.07. The maximum Gasteiger partial charge on any atom is 0.251 e. The number of nitrogens with two attached hydrogens (primary N) is 1. The quantitative estimate of drug-likeness (QED) is 0.702. The molecule has 1 amide bonds. The van der Waals surface area contributed by atoms with Gasteiger partial charge in [0, 0.05) is 0 Å². The number of nitriles is 1. The number of carbonyl (C=O) groups is 1. The lowest BCUT2D eigenvalue weighted by atomic mass is 10.1. The van der Waals surface area contributed by atoms with Crippen molar-refractivity contribution in [3.8, 4) is 6.07 Å². The van der Waals surface area contributed by atoms with Gasteiger partial charge in [-0.15, -0.1) is 0 Å². The Morgan fingerprint density at radius 3 is 2.46 bits per heavy atom. The van der Waals surface area contributed by atoms with Gasteiger partial charge in [0.15, 0.2) is 11.6 Å². The minimum atomic E-state index is -1.38. The molecule has 1 rings (SSSR count). The topological polar surface area (TPSA) is 66.9 Å². The van der Waals surface area contributed by atoms with Crippen molar-refractivity contribution < 1.29 is 13.6 Å². The van der Waals surface area contributed by atoms with Crippen LogP contribution in [0.15, 0.2) is 12.1 Å². The van der Waals surface area contributed by atoms with Crippen LogP contribution in [-0.2, 0) is 0 Å². The molecule has 0 bridgehead atoms. The van der Waals surface area contributed by atoms with Gasteiger partial charge in [-0.2, -0.15) is 5.26 Å². The van der Waals surface area contributed by atoms with Gasteiger partial charge in [-0.25, -0.2) is 8.78 Å². The summed E-state index contributed by atoms with van der Waals surface area (Å²) in [6, 6.07) is 3.41. The highest BCUT2D eigenvalue weighted by Gasteiger charge is 2.15. The second kappa shape index (κ2) is 3.19. The normalized spacial score (nSPS) is 9.31. The lowest BCUT2D eigenvalue weighted by Crippen LogP contribution is -2.14. The Hall–Kier alpha value is -1.96. The predicted molar refractivity (Wildman–Crippen MR) is 39.6 cm³/mol. The molecule has 0 aliphatic rings. The van der Waals surface area contributed by atoms with E-state index in [2.05, 4.69) is 0 Å². The monoisotopic (exact) mass is 182 g/mol. The van der Waals surface area contributed by atoms with Gasteiger partial charge >= 0.3 is 0 Å². The highest BCUT2D eigenvalue weighted by Crippen LogP contribution is 2.14. The van der Waals surface area contributed by atoms with Gasteiger partial charge < -0.3 is 5.73 Å². The summed E-state index contributed by atoms with van der Waals surface area (Å²) in [5, 5.41) is 8.30. The minimum absolute atomic E-state index is 0.456. The van der Waals surface area contributed by atoms with Crippen LogP contribution >= 0.6 is 0 Å². The van der Waals surface area contributed by atoms with Crippen molar-refractivity contribution in [2.75, 3.05) is 0 Å². The SMILES string of the molecule is N#Cc1ccc(C(N)=O)c(F)c1F. The lowest BCUT2D eigenvalue weighted by Gasteiger charge is -1.99. The summed E-state index contributed by atoms with van der Waals surface area (Å²) < 4.78 is 25.7. The molecule has 2 N–H and O–H groups in total. The first-order valence-corrected chi connectivity index (χ1v) is 3.26. The van der Waals surface area contributed by atoms with E-state index in [4.69, 9.17) is 11.0 Å². The van der Waals surface area contributed by atoms with E-state index in [9.17, 15) is 13.6 Å². The van der Waals surface area contributed by atoms with E-state index in [-0.39, 0.29) is 0 Å². The van der Waals surface area contributed by atoms with Crippen LogP contribution in [0.3, 0.4) is 0 Å². The molecule has 0 unspecified atom stereocenters. The van der Waals surface area contributed by atoms with Crippen molar-refractivity contribution in [2.45, 2.75) is 0 Å². The van der Waals surface area contributed by atoms with E-state index in [0.717, 1.165) is 12.1 Å². The zero-order chi connectivity index (χ0) is 10.0. The fraction of sp³-hybridized carbons (Fsp3) is 0. The fourth-order valence-corrected chi connectivity index (χ4v) is 0.826. The second-order valence-corrected chi connectivity index (χ2v) is 2.26. The van der Waals surface area contributed by atoms with Crippen molar-refractivity contribution in [2.24, 2.45) is 5.73 Å². The Kier molecular flexibility index (Phi) is 2.24. The third kappa shape index (κ3) is 1.47. The zero-order valence-electron chi connectivity index (χ0n) is 6.34. The number of nitrogens with zero attached hydrogens (tertiary/aromatic N) is 1. The summed E-state index contributed by atoms with van der Waals surface area (Å²) in [6.07, 6.45) is 0. The van der Waals surface area contributed by atoms with Crippen LogP contribution in [0.1, 0.15) is 15.9 Å². The van der Waals surface area contributed by atoms with Crippen molar-refractivity contribution >= 4 is 5.91 Å². The van der Waals surface area contributed by atoms with E-state index in [1.54, 1.807) is 0 Å². The highest BCUT2D eigenvalue weighted by atomic mass is 19.2.